The number of ether oxygens (including phenoxy) is 1. The summed E-state index contributed by atoms with van der Waals surface area (Å²) in [5.41, 5.74) is -0.934. The summed E-state index contributed by atoms with van der Waals surface area (Å²) in [4.78, 5) is 0. The molecule has 36 heavy (non-hydrogen) atoms. The maximum atomic E-state index is 15.2. The maximum absolute atomic E-state index is 15.2. The molecule has 4 aromatic rings. The van der Waals surface area contributed by atoms with E-state index in [1.165, 1.54) is 6.07 Å². The quantitative estimate of drug-likeness (QED) is 0.187. The summed E-state index contributed by atoms with van der Waals surface area (Å²) in [7, 11) is 0. The van der Waals surface area contributed by atoms with Gasteiger partial charge in [0, 0.05) is 10.9 Å². The van der Waals surface area contributed by atoms with Crippen molar-refractivity contribution in [1.82, 2.24) is 0 Å². The van der Waals surface area contributed by atoms with E-state index < -0.39 is 52.3 Å². The van der Waals surface area contributed by atoms with Gasteiger partial charge in [0.2, 0.25) is 5.75 Å². The summed E-state index contributed by atoms with van der Waals surface area (Å²) >= 11 is 0. The topological polar surface area (TPSA) is 9.23 Å². The molecule has 0 aliphatic carbocycles. The third-order valence-electron chi connectivity index (χ3n) is 5.51. The first-order chi connectivity index (χ1) is 17.0. The first-order valence-corrected chi connectivity index (χ1v) is 10.5. The van der Waals surface area contributed by atoms with E-state index in [-0.39, 0.29) is 16.5 Å². The fourth-order valence-electron chi connectivity index (χ4n) is 3.91. The van der Waals surface area contributed by atoms with E-state index in [0.29, 0.717) is 23.9 Å². The van der Waals surface area contributed by atoms with Crippen LogP contribution in [-0.4, -0.2) is 6.36 Å². The minimum atomic E-state index is -5.38. The summed E-state index contributed by atoms with van der Waals surface area (Å²) < 4.78 is 114. The van der Waals surface area contributed by atoms with Crippen molar-refractivity contribution in [2.75, 3.05) is 0 Å². The van der Waals surface area contributed by atoms with Gasteiger partial charge in [0.15, 0.2) is 11.6 Å². The molecule has 0 aromatic heterocycles. The molecule has 4 aromatic carbocycles. The van der Waals surface area contributed by atoms with Crippen molar-refractivity contribution in [2.45, 2.75) is 19.2 Å². The van der Waals surface area contributed by atoms with Crippen molar-refractivity contribution in [3.05, 3.63) is 102 Å². The van der Waals surface area contributed by atoms with Crippen LogP contribution in [0.1, 0.15) is 12.0 Å². The van der Waals surface area contributed by atoms with E-state index in [1.807, 2.05) is 0 Å². The molecule has 0 radical (unpaired) electrons. The van der Waals surface area contributed by atoms with Crippen LogP contribution < -0.4 is 4.74 Å². The fraction of sp³-hybridized carbons (Fsp3) is 0.111. The predicted octanol–water partition coefficient (Wildman–Crippen LogP) is 8.89. The maximum Gasteiger partial charge on any atom is 0.573 e. The monoisotopic (exact) mass is 508 g/mol. The van der Waals surface area contributed by atoms with Gasteiger partial charge in [0.05, 0.1) is 5.56 Å². The molecule has 0 fully saturated rings. The van der Waals surface area contributed by atoms with Crippen molar-refractivity contribution in [2.24, 2.45) is 0 Å². The number of aryl methyl sites for hydroxylation is 1. The summed E-state index contributed by atoms with van der Waals surface area (Å²) in [6.45, 7) is 3.66. The molecule has 0 spiro atoms. The van der Waals surface area contributed by atoms with Gasteiger partial charge in [0.25, 0.3) is 0 Å². The van der Waals surface area contributed by atoms with Gasteiger partial charge in [0.1, 0.15) is 17.5 Å². The molecule has 186 valence electrons. The Morgan fingerprint density at radius 3 is 1.94 bits per heavy atom. The molecular formula is C27H16F8O. The molecule has 0 atom stereocenters. The molecule has 0 N–H and O–H groups in total. The van der Waals surface area contributed by atoms with Crippen LogP contribution in [0.5, 0.6) is 5.75 Å². The second-order valence-corrected chi connectivity index (χ2v) is 7.94. The lowest BCUT2D eigenvalue weighted by Crippen LogP contribution is -2.19. The van der Waals surface area contributed by atoms with E-state index in [4.69, 9.17) is 0 Å². The Balaban J connectivity index is 1.74. The smallest absolute Gasteiger partial charge is 0.399 e. The Morgan fingerprint density at radius 1 is 0.750 bits per heavy atom. The minimum absolute atomic E-state index is 0.114. The van der Waals surface area contributed by atoms with Crippen LogP contribution >= 0.6 is 0 Å². The van der Waals surface area contributed by atoms with Crippen LogP contribution in [0.4, 0.5) is 35.1 Å². The van der Waals surface area contributed by atoms with Gasteiger partial charge in [-0.2, -0.15) is 0 Å². The largest absolute Gasteiger partial charge is 0.573 e. The van der Waals surface area contributed by atoms with E-state index in [1.54, 1.807) is 30.3 Å². The zero-order valence-corrected chi connectivity index (χ0v) is 18.3. The minimum Gasteiger partial charge on any atom is -0.399 e. The number of fused-ring (bicyclic) bond motifs is 1. The summed E-state index contributed by atoms with van der Waals surface area (Å²) in [5, 5.41) is 0.812. The normalized spacial score (nSPS) is 11.7. The van der Waals surface area contributed by atoms with Gasteiger partial charge in [-0.1, -0.05) is 36.4 Å². The highest BCUT2D eigenvalue weighted by Crippen LogP contribution is 2.37. The number of alkyl halides is 3. The Bertz CT molecular complexity index is 1430. The van der Waals surface area contributed by atoms with Crippen molar-refractivity contribution in [3.63, 3.8) is 0 Å². The Hall–Kier alpha value is -3.88. The highest BCUT2D eigenvalue weighted by atomic mass is 19.4. The summed E-state index contributed by atoms with van der Waals surface area (Å²) in [6, 6.07) is 10.2. The van der Waals surface area contributed by atoms with E-state index in [9.17, 15) is 30.7 Å². The molecule has 0 aliphatic rings. The van der Waals surface area contributed by atoms with Crippen LogP contribution in [0, 0.1) is 29.1 Å². The second kappa shape index (κ2) is 9.64. The fourth-order valence-corrected chi connectivity index (χ4v) is 3.91. The molecule has 0 unspecified atom stereocenters. The third-order valence-corrected chi connectivity index (χ3v) is 5.51. The SMILES string of the molecule is C=CCCc1ccc2c(F)c(-c3cc(F)c(-c4cc(F)c(OC(F)(F)F)c(F)c4)c(F)c3)ccc2c1. The molecule has 0 bridgehead atoms. The first kappa shape index (κ1) is 25.2. The number of benzene rings is 4. The van der Waals surface area contributed by atoms with Crippen molar-refractivity contribution < 1.29 is 39.9 Å². The number of hydrogen-bond donors (Lipinski definition) is 0. The van der Waals surface area contributed by atoms with Crippen molar-refractivity contribution in [3.8, 4) is 28.0 Å². The van der Waals surface area contributed by atoms with E-state index >= 15 is 4.39 Å². The van der Waals surface area contributed by atoms with Crippen LogP contribution in [-0.2, 0) is 6.42 Å². The molecule has 1 nitrogen and oxygen atoms in total. The van der Waals surface area contributed by atoms with Gasteiger partial charge >= 0.3 is 6.36 Å². The van der Waals surface area contributed by atoms with Gasteiger partial charge in [-0.05, 0) is 59.2 Å². The zero-order chi connectivity index (χ0) is 26.2. The first-order valence-electron chi connectivity index (χ1n) is 10.5. The molecule has 0 aliphatic heterocycles. The van der Waals surface area contributed by atoms with Crippen LogP contribution in [0.3, 0.4) is 0 Å². The van der Waals surface area contributed by atoms with Gasteiger partial charge < -0.3 is 4.74 Å². The highest BCUT2D eigenvalue weighted by Gasteiger charge is 2.34. The van der Waals surface area contributed by atoms with E-state index in [0.717, 1.165) is 24.1 Å². The van der Waals surface area contributed by atoms with Crippen molar-refractivity contribution >= 4 is 10.8 Å². The average molecular weight is 508 g/mol. The Kier molecular flexibility index (Phi) is 6.75. The van der Waals surface area contributed by atoms with Crippen LogP contribution in [0.25, 0.3) is 33.0 Å². The number of allylic oxidation sites excluding steroid dienone is 1. The summed E-state index contributed by atoms with van der Waals surface area (Å²) in [6.07, 6.45) is -2.17. The molecular weight excluding hydrogens is 492 g/mol. The van der Waals surface area contributed by atoms with Gasteiger partial charge in [-0.15, -0.1) is 19.8 Å². The Morgan fingerprint density at radius 2 is 1.36 bits per heavy atom. The van der Waals surface area contributed by atoms with E-state index in [2.05, 4.69) is 11.3 Å². The summed E-state index contributed by atoms with van der Waals surface area (Å²) in [5.74, 6) is -8.69. The lowest BCUT2D eigenvalue weighted by molar-refractivity contribution is -0.276. The molecule has 0 saturated carbocycles. The second-order valence-electron chi connectivity index (χ2n) is 7.94. The molecule has 0 amide bonds. The zero-order valence-electron chi connectivity index (χ0n) is 18.3. The van der Waals surface area contributed by atoms with Crippen LogP contribution in [0.2, 0.25) is 0 Å². The number of rotatable bonds is 6. The molecule has 4 rings (SSSR count). The van der Waals surface area contributed by atoms with Crippen molar-refractivity contribution in [1.29, 1.82) is 0 Å². The lowest BCUT2D eigenvalue weighted by atomic mass is 9.95. The van der Waals surface area contributed by atoms with Crippen LogP contribution in [0.15, 0.2) is 67.3 Å². The number of halogens is 8. The average Bonchev–Trinajstić information content (AvgIpc) is 2.79. The Labute approximate surface area is 200 Å². The standard InChI is InChI=1S/C27H16F8O/c1-2-3-4-14-5-7-18-15(9-14)6-8-19(25(18)32)16-10-20(28)24(21(29)11-16)17-12-22(30)26(23(31)13-17)36-27(33,34)35/h2,5-13H,1,3-4H2. The number of hydrogen-bond acceptors (Lipinski definition) is 1. The molecule has 9 heteroatoms. The molecule has 0 heterocycles. The van der Waals surface area contributed by atoms with Gasteiger partial charge in [-0.25, -0.2) is 22.0 Å². The molecule has 0 saturated heterocycles. The third kappa shape index (κ3) is 5.05. The predicted molar refractivity (Wildman–Crippen MR) is 120 cm³/mol. The highest BCUT2D eigenvalue weighted by molar-refractivity contribution is 5.89. The lowest BCUT2D eigenvalue weighted by Gasteiger charge is -2.14. The van der Waals surface area contributed by atoms with Gasteiger partial charge in [-0.3, -0.25) is 0 Å².